The summed E-state index contributed by atoms with van der Waals surface area (Å²) in [6.45, 7) is 0.876. The number of amides is 1. The van der Waals surface area contributed by atoms with Gasteiger partial charge in [0.2, 0.25) is 5.91 Å². The number of hydrogen-bond donors (Lipinski definition) is 1. The van der Waals surface area contributed by atoms with Crippen molar-refractivity contribution in [3.05, 3.63) is 65.9 Å². The third-order valence-corrected chi connectivity index (χ3v) is 6.38. The van der Waals surface area contributed by atoms with Gasteiger partial charge in [0.05, 0.1) is 11.1 Å². The zero-order chi connectivity index (χ0) is 23.2. The second-order valence-corrected chi connectivity index (χ2v) is 8.75. The molecule has 1 aliphatic carbocycles. The first-order valence-electron chi connectivity index (χ1n) is 10.9. The molecule has 3 aromatic rings. The fraction of sp³-hybridized carbons (Fsp3) is 0.375. The highest BCUT2D eigenvalue weighted by atomic mass is 19.4. The number of aromatic nitrogens is 2. The molecule has 172 valence electrons. The summed E-state index contributed by atoms with van der Waals surface area (Å²) in [7, 11) is 0. The van der Waals surface area contributed by atoms with Gasteiger partial charge in [0, 0.05) is 48.7 Å². The molecule has 1 aliphatic heterocycles. The maximum Gasteiger partial charge on any atom is 0.419 e. The molecule has 2 fully saturated rings. The molecule has 1 amide bonds. The van der Waals surface area contributed by atoms with Crippen molar-refractivity contribution in [3.8, 4) is 0 Å². The van der Waals surface area contributed by atoms with Gasteiger partial charge in [-0.1, -0.05) is 18.2 Å². The Kier molecular flexibility index (Phi) is 5.42. The Hall–Kier alpha value is -3.23. The topological polar surface area (TPSA) is 58.1 Å². The minimum atomic E-state index is -4.75. The van der Waals surface area contributed by atoms with Crippen LogP contribution in [0.2, 0.25) is 0 Å². The molecule has 0 unspecified atom stereocenters. The molecule has 1 saturated carbocycles. The molecule has 1 aromatic heterocycles. The number of anilines is 1. The number of para-hydroxylation sites is 1. The highest BCUT2D eigenvalue weighted by molar-refractivity contribution is 5.78. The van der Waals surface area contributed by atoms with Crippen molar-refractivity contribution in [3.63, 3.8) is 0 Å². The molecule has 2 heterocycles. The van der Waals surface area contributed by atoms with Crippen LogP contribution < -0.4 is 10.2 Å². The Morgan fingerprint density at radius 3 is 2.82 bits per heavy atom. The van der Waals surface area contributed by atoms with Gasteiger partial charge in [-0.2, -0.15) is 13.2 Å². The van der Waals surface area contributed by atoms with Crippen molar-refractivity contribution in [1.82, 2.24) is 15.3 Å². The molecule has 2 aliphatic rings. The fourth-order valence-electron chi connectivity index (χ4n) is 4.52. The van der Waals surface area contributed by atoms with E-state index in [0.717, 1.165) is 35.3 Å². The lowest BCUT2D eigenvalue weighted by atomic mass is 10.1. The number of carbonyl (C=O) groups is 1. The van der Waals surface area contributed by atoms with E-state index in [-0.39, 0.29) is 23.8 Å². The second-order valence-electron chi connectivity index (χ2n) is 8.75. The van der Waals surface area contributed by atoms with Gasteiger partial charge in [0.15, 0.2) is 0 Å². The first-order chi connectivity index (χ1) is 15.8. The molecule has 33 heavy (non-hydrogen) atoms. The molecule has 9 heteroatoms. The lowest BCUT2D eigenvalue weighted by molar-refractivity contribution is -0.140. The van der Waals surface area contributed by atoms with Crippen molar-refractivity contribution in [2.24, 2.45) is 5.92 Å². The van der Waals surface area contributed by atoms with Gasteiger partial charge in [-0.3, -0.25) is 4.79 Å². The van der Waals surface area contributed by atoms with Crippen LogP contribution in [0.25, 0.3) is 10.9 Å². The van der Waals surface area contributed by atoms with E-state index in [0.29, 0.717) is 31.6 Å². The SMILES string of the molecule is O=C(C[C@@H]1C[C@@H]1c1ncc2ccccc2n1)N[C@@H]1CCN(c2ccc(F)c(C(F)(F)F)c2)C1. The predicted molar refractivity (Wildman–Crippen MR) is 115 cm³/mol. The van der Waals surface area contributed by atoms with Gasteiger partial charge >= 0.3 is 6.18 Å². The normalized spacial score (nSPS) is 22.5. The number of carbonyl (C=O) groups excluding carboxylic acids is 1. The van der Waals surface area contributed by atoms with E-state index in [2.05, 4.69) is 15.3 Å². The first kappa shape index (κ1) is 21.6. The minimum absolute atomic E-state index is 0.0785. The minimum Gasteiger partial charge on any atom is -0.369 e. The van der Waals surface area contributed by atoms with E-state index >= 15 is 0 Å². The Balaban J connectivity index is 1.15. The molecule has 5 rings (SSSR count). The van der Waals surface area contributed by atoms with Crippen LogP contribution in [0.4, 0.5) is 23.2 Å². The molecule has 1 saturated heterocycles. The van der Waals surface area contributed by atoms with Crippen molar-refractivity contribution in [2.45, 2.75) is 37.4 Å². The van der Waals surface area contributed by atoms with Crippen LogP contribution in [0.15, 0.2) is 48.7 Å². The summed E-state index contributed by atoms with van der Waals surface area (Å²) in [6.07, 6.45) is -1.10. The molecule has 3 atom stereocenters. The lowest BCUT2D eigenvalue weighted by Gasteiger charge is -2.20. The van der Waals surface area contributed by atoms with Crippen molar-refractivity contribution in [1.29, 1.82) is 0 Å². The third kappa shape index (κ3) is 4.62. The van der Waals surface area contributed by atoms with Crippen molar-refractivity contribution in [2.75, 3.05) is 18.0 Å². The van der Waals surface area contributed by atoms with Crippen LogP contribution >= 0.6 is 0 Å². The first-order valence-corrected chi connectivity index (χ1v) is 10.9. The number of nitrogens with one attached hydrogen (secondary N) is 1. The quantitative estimate of drug-likeness (QED) is 0.565. The summed E-state index contributed by atoms with van der Waals surface area (Å²) in [6, 6.07) is 10.6. The number of alkyl halides is 3. The van der Waals surface area contributed by atoms with E-state index in [1.165, 1.54) is 6.07 Å². The fourth-order valence-corrected chi connectivity index (χ4v) is 4.52. The van der Waals surface area contributed by atoms with E-state index in [1.807, 2.05) is 24.3 Å². The van der Waals surface area contributed by atoms with Crippen LogP contribution in [-0.4, -0.2) is 35.0 Å². The van der Waals surface area contributed by atoms with Crippen LogP contribution in [0, 0.1) is 11.7 Å². The molecule has 5 nitrogen and oxygen atoms in total. The number of benzene rings is 2. The monoisotopic (exact) mass is 458 g/mol. The van der Waals surface area contributed by atoms with Gasteiger partial charge < -0.3 is 10.2 Å². The van der Waals surface area contributed by atoms with E-state index < -0.39 is 17.6 Å². The van der Waals surface area contributed by atoms with Crippen LogP contribution in [0.3, 0.4) is 0 Å². The largest absolute Gasteiger partial charge is 0.419 e. The highest BCUT2D eigenvalue weighted by Crippen LogP contribution is 2.48. The maximum atomic E-state index is 13.6. The number of fused-ring (bicyclic) bond motifs is 1. The summed E-state index contributed by atoms with van der Waals surface area (Å²) >= 11 is 0. The average molecular weight is 458 g/mol. The van der Waals surface area contributed by atoms with Crippen molar-refractivity contribution < 1.29 is 22.4 Å². The second kappa shape index (κ2) is 8.28. The Bertz CT molecular complexity index is 1200. The Labute approximate surface area is 187 Å². The van der Waals surface area contributed by atoms with Gasteiger partial charge in [-0.15, -0.1) is 0 Å². The predicted octanol–water partition coefficient (Wildman–Crippen LogP) is 4.68. The van der Waals surface area contributed by atoms with Crippen molar-refractivity contribution >= 4 is 22.5 Å². The molecule has 0 bridgehead atoms. The smallest absolute Gasteiger partial charge is 0.369 e. The van der Waals surface area contributed by atoms with E-state index in [9.17, 15) is 22.4 Å². The summed E-state index contributed by atoms with van der Waals surface area (Å²) < 4.78 is 52.6. The summed E-state index contributed by atoms with van der Waals surface area (Å²) in [4.78, 5) is 23.3. The molecule has 0 spiro atoms. The highest BCUT2D eigenvalue weighted by Gasteiger charge is 2.42. The maximum absolute atomic E-state index is 13.6. The third-order valence-electron chi connectivity index (χ3n) is 6.38. The van der Waals surface area contributed by atoms with E-state index in [1.54, 1.807) is 11.1 Å². The van der Waals surface area contributed by atoms with E-state index in [4.69, 9.17) is 0 Å². The number of hydrogen-bond acceptors (Lipinski definition) is 4. The van der Waals surface area contributed by atoms with Crippen LogP contribution in [-0.2, 0) is 11.0 Å². The zero-order valence-electron chi connectivity index (χ0n) is 17.6. The number of rotatable bonds is 5. The van der Waals surface area contributed by atoms with Crippen LogP contribution in [0.5, 0.6) is 0 Å². The summed E-state index contributed by atoms with van der Waals surface area (Å²) in [5.74, 6) is -0.249. The van der Waals surface area contributed by atoms with Gasteiger partial charge in [0.1, 0.15) is 11.6 Å². The molecule has 1 N–H and O–H groups in total. The van der Waals surface area contributed by atoms with Gasteiger partial charge in [-0.05, 0) is 43.0 Å². The standard InChI is InChI=1S/C24H22F4N4O/c25-20-6-5-17(11-19(20)24(26,27)28)32-8-7-16(13-32)30-22(33)10-15-9-18(15)23-29-12-14-3-1-2-4-21(14)31-23/h1-6,11-12,15-16,18H,7-10,13H2,(H,30,33)/t15-,16+,18-/m0/s1. The number of nitrogens with zero attached hydrogens (tertiary/aromatic N) is 3. The molecule has 2 aromatic carbocycles. The van der Waals surface area contributed by atoms with Gasteiger partial charge in [-0.25, -0.2) is 14.4 Å². The zero-order valence-corrected chi connectivity index (χ0v) is 17.6. The summed E-state index contributed by atoms with van der Waals surface area (Å²) in [5.41, 5.74) is -0.0857. The average Bonchev–Trinajstić information content (AvgIpc) is 3.38. The Morgan fingerprint density at radius 2 is 2.00 bits per heavy atom. The van der Waals surface area contributed by atoms with Crippen LogP contribution in [0.1, 0.15) is 36.6 Å². The molecular formula is C24H22F4N4O. The lowest BCUT2D eigenvalue weighted by Crippen LogP contribution is -2.37. The van der Waals surface area contributed by atoms with Gasteiger partial charge in [0.25, 0.3) is 0 Å². The Morgan fingerprint density at radius 1 is 1.18 bits per heavy atom. The molecule has 0 radical (unpaired) electrons. The summed E-state index contributed by atoms with van der Waals surface area (Å²) in [5, 5.41) is 3.97. The number of halogens is 4. The molecular weight excluding hydrogens is 436 g/mol.